The molecule has 0 aliphatic carbocycles. The van der Waals surface area contributed by atoms with Crippen molar-refractivity contribution in [1.82, 2.24) is 15.1 Å². The lowest BCUT2D eigenvalue weighted by Crippen LogP contribution is -2.33. The van der Waals surface area contributed by atoms with Gasteiger partial charge in [0, 0.05) is 37.3 Å². The second-order valence-corrected chi connectivity index (χ2v) is 4.08. The van der Waals surface area contributed by atoms with E-state index >= 15 is 0 Å². The molecule has 1 atom stereocenters. The molecule has 0 bridgehead atoms. The summed E-state index contributed by atoms with van der Waals surface area (Å²) in [5, 5.41) is 7.73. The van der Waals surface area contributed by atoms with Crippen molar-refractivity contribution < 1.29 is 0 Å². The van der Waals surface area contributed by atoms with Crippen molar-refractivity contribution in [3.8, 4) is 0 Å². The highest BCUT2D eigenvalue weighted by molar-refractivity contribution is 9.10. The fraction of sp³-hybridized carbons (Fsp3) is 0.625. The van der Waals surface area contributed by atoms with Crippen LogP contribution >= 0.6 is 15.9 Å². The van der Waals surface area contributed by atoms with E-state index in [0.717, 1.165) is 17.6 Å². The van der Waals surface area contributed by atoms with Crippen LogP contribution in [0.3, 0.4) is 0 Å². The maximum atomic E-state index is 4.32. The van der Waals surface area contributed by atoms with Gasteiger partial charge in [0.1, 0.15) is 4.60 Å². The van der Waals surface area contributed by atoms with Gasteiger partial charge in [-0.2, -0.15) is 5.10 Å². The van der Waals surface area contributed by atoms with Gasteiger partial charge < -0.3 is 5.32 Å². The minimum atomic E-state index is 0.569. The van der Waals surface area contributed by atoms with Crippen molar-refractivity contribution in [3.05, 3.63) is 15.9 Å². The first kappa shape index (κ1) is 8.26. The fourth-order valence-electron chi connectivity index (χ4n) is 1.64. The van der Waals surface area contributed by atoms with E-state index in [4.69, 9.17) is 0 Å². The van der Waals surface area contributed by atoms with Gasteiger partial charge in [-0.15, -0.1) is 0 Å². The first-order valence-corrected chi connectivity index (χ1v) is 4.91. The molecule has 3 nitrogen and oxygen atoms in total. The summed E-state index contributed by atoms with van der Waals surface area (Å²) in [5.74, 6) is 0. The van der Waals surface area contributed by atoms with Crippen LogP contribution in [0.4, 0.5) is 0 Å². The zero-order valence-electron chi connectivity index (χ0n) is 7.26. The molecule has 0 fully saturated rings. The van der Waals surface area contributed by atoms with Gasteiger partial charge in [0.2, 0.25) is 0 Å². The molecule has 2 rings (SSSR count). The molecule has 0 saturated carbocycles. The van der Waals surface area contributed by atoms with Crippen molar-refractivity contribution >= 4 is 15.9 Å². The van der Waals surface area contributed by atoms with Crippen LogP contribution in [0.5, 0.6) is 0 Å². The summed E-state index contributed by atoms with van der Waals surface area (Å²) in [6, 6.07) is 0.569. The summed E-state index contributed by atoms with van der Waals surface area (Å²) in [5.41, 5.74) is 2.67. The van der Waals surface area contributed by atoms with Gasteiger partial charge in [-0.3, -0.25) is 4.68 Å². The van der Waals surface area contributed by atoms with Gasteiger partial charge in [-0.1, -0.05) is 0 Å². The Bertz CT molecular complexity index is 305. The maximum Gasteiger partial charge on any atom is 0.132 e. The highest BCUT2D eigenvalue weighted by Gasteiger charge is 2.20. The number of halogens is 1. The van der Waals surface area contributed by atoms with E-state index in [1.54, 1.807) is 0 Å². The molecule has 1 aromatic heterocycles. The minimum Gasteiger partial charge on any atom is -0.310 e. The Morgan fingerprint density at radius 3 is 3.17 bits per heavy atom. The molecular weight excluding hydrogens is 218 g/mol. The normalized spacial score (nSPS) is 22.4. The molecule has 0 spiro atoms. The van der Waals surface area contributed by atoms with Gasteiger partial charge in [0.05, 0.1) is 0 Å². The average molecular weight is 230 g/mol. The third-order valence-electron chi connectivity index (χ3n) is 2.35. The monoisotopic (exact) mass is 229 g/mol. The molecule has 66 valence electrons. The summed E-state index contributed by atoms with van der Waals surface area (Å²) >= 11 is 3.45. The molecule has 0 aromatic carbocycles. The maximum absolute atomic E-state index is 4.32. The van der Waals surface area contributed by atoms with Crippen LogP contribution in [0.25, 0.3) is 0 Å². The van der Waals surface area contributed by atoms with E-state index in [-0.39, 0.29) is 0 Å². The number of hydrogen-bond donors (Lipinski definition) is 1. The highest BCUT2D eigenvalue weighted by Crippen LogP contribution is 2.23. The van der Waals surface area contributed by atoms with E-state index in [0.29, 0.717) is 6.04 Å². The van der Waals surface area contributed by atoms with E-state index in [1.807, 2.05) is 11.7 Å². The van der Waals surface area contributed by atoms with Gasteiger partial charge in [0.25, 0.3) is 0 Å². The van der Waals surface area contributed by atoms with Crippen LogP contribution in [0, 0.1) is 0 Å². The van der Waals surface area contributed by atoms with Gasteiger partial charge >= 0.3 is 0 Å². The largest absolute Gasteiger partial charge is 0.310 e. The quantitative estimate of drug-likeness (QED) is 0.726. The SMILES string of the molecule is CC1Cc2c(c(Br)nn2C)CN1. The van der Waals surface area contributed by atoms with Crippen LogP contribution in [0.15, 0.2) is 4.60 Å². The van der Waals surface area contributed by atoms with E-state index < -0.39 is 0 Å². The van der Waals surface area contributed by atoms with Crippen LogP contribution in [-0.2, 0) is 20.0 Å². The Morgan fingerprint density at radius 1 is 1.67 bits per heavy atom. The summed E-state index contributed by atoms with van der Waals surface area (Å²) in [7, 11) is 2.00. The number of nitrogens with zero attached hydrogens (tertiary/aromatic N) is 2. The van der Waals surface area contributed by atoms with Crippen LogP contribution in [0.1, 0.15) is 18.2 Å². The van der Waals surface area contributed by atoms with Gasteiger partial charge in [0.15, 0.2) is 0 Å². The van der Waals surface area contributed by atoms with Gasteiger partial charge in [-0.25, -0.2) is 0 Å². The van der Waals surface area contributed by atoms with Crippen molar-refractivity contribution in [1.29, 1.82) is 0 Å². The zero-order valence-corrected chi connectivity index (χ0v) is 8.85. The first-order valence-electron chi connectivity index (χ1n) is 4.12. The van der Waals surface area contributed by atoms with E-state index in [1.165, 1.54) is 11.3 Å². The molecular formula is C8H12BrN3. The van der Waals surface area contributed by atoms with E-state index in [9.17, 15) is 0 Å². The number of nitrogens with one attached hydrogen (secondary N) is 1. The van der Waals surface area contributed by atoms with Crippen LogP contribution in [0.2, 0.25) is 0 Å². The topological polar surface area (TPSA) is 29.9 Å². The molecule has 0 radical (unpaired) electrons. The summed E-state index contributed by atoms with van der Waals surface area (Å²) < 4.78 is 2.95. The predicted octanol–water partition coefficient (Wildman–Crippen LogP) is 1.22. The molecule has 1 unspecified atom stereocenters. The summed E-state index contributed by atoms with van der Waals surface area (Å²) in [6.45, 7) is 3.13. The Labute approximate surface area is 80.3 Å². The third-order valence-corrected chi connectivity index (χ3v) is 2.99. The fourth-order valence-corrected chi connectivity index (χ4v) is 2.24. The predicted molar refractivity (Wildman–Crippen MR) is 50.9 cm³/mol. The highest BCUT2D eigenvalue weighted by atomic mass is 79.9. The summed E-state index contributed by atoms with van der Waals surface area (Å²) in [6.07, 6.45) is 1.07. The van der Waals surface area contributed by atoms with Crippen LogP contribution < -0.4 is 5.32 Å². The average Bonchev–Trinajstić information content (AvgIpc) is 2.28. The Morgan fingerprint density at radius 2 is 2.42 bits per heavy atom. The second kappa shape index (κ2) is 2.85. The van der Waals surface area contributed by atoms with Gasteiger partial charge in [-0.05, 0) is 22.9 Å². The number of aryl methyl sites for hydroxylation is 1. The molecule has 1 aliphatic heterocycles. The zero-order chi connectivity index (χ0) is 8.72. The number of aromatic nitrogens is 2. The lowest BCUT2D eigenvalue weighted by Gasteiger charge is -2.20. The molecule has 2 heterocycles. The molecule has 1 aliphatic rings. The molecule has 1 N–H and O–H groups in total. The first-order chi connectivity index (χ1) is 5.68. The summed E-state index contributed by atoms with van der Waals surface area (Å²) in [4.78, 5) is 0. The molecule has 0 saturated heterocycles. The van der Waals surface area contributed by atoms with E-state index in [2.05, 4.69) is 33.3 Å². The second-order valence-electron chi connectivity index (χ2n) is 3.33. The van der Waals surface area contributed by atoms with Crippen molar-refractivity contribution in [2.75, 3.05) is 0 Å². The van der Waals surface area contributed by atoms with Crippen molar-refractivity contribution in [2.24, 2.45) is 7.05 Å². The van der Waals surface area contributed by atoms with Crippen molar-refractivity contribution in [2.45, 2.75) is 25.9 Å². The Balaban J connectivity index is 2.45. The van der Waals surface area contributed by atoms with Crippen LogP contribution in [-0.4, -0.2) is 15.8 Å². The lowest BCUT2D eigenvalue weighted by molar-refractivity contribution is 0.494. The molecule has 12 heavy (non-hydrogen) atoms. The molecule has 1 aromatic rings. The third kappa shape index (κ3) is 1.19. The minimum absolute atomic E-state index is 0.569. The Kier molecular flexibility index (Phi) is 1.96. The number of rotatable bonds is 0. The smallest absolute Gasteiger partial charge is 0.132 e. The molecule has 4 heteroatoms. The van der Waals surface area contributed by atoms with Crippen molar-refractivity contribution in [3.63, 3.8) is 0 Å². The number of fused-ring (bicyclic) bond motifs is 1. The number of hydrogen-bond acceptors (Lipinski definition) is 2. The standard InChI is InChI=1S/C8H12BrN3/c1-5-3-7-6(4-10-5)8(9)11-12(7)2/h5,10H,3-4H2,1-2H3. The lowest BCUT2D eigenvalue weighted by atomic mass is 10.0. The Hall–Kier alpha value is -0.350. The molecule has 0 amide bonds.